The van der Waals surface area contributed by atoms with Crippen LogP contribution in [-0.4, -0.2) is 15.2 Å². The van der Waals surface area contributed by atoms with Crippen molar-refractivity contribution in [1.82, 2.24) is 4.98 Å². The summed E-state index contributed by atoms with van der Waals surface area (Å²) in [6.45, 7) is 12.6. The Bertz CT molecular complexity index is 1570. The molecule has 0 atom stereocenters. The van der Waals surface area contributed by atoms with E-state index in [2.05, 4.69) is 53.7 Å². The van der Waals surface area contributed by atoms with E-state index in [1.165, 1.54) is 0 Å². The molecule has 1 aromatic heterocycles. The Labute approximate surface area is 277 Å². The summed E-state index contributed by atoms with van der Waals surface area (Å²) in [4.78, 5) is 5.12. The molecule has 43 heavy (non-hydrogen) atoms. The number of pyridine rings is 1. The average Bonchev–Trinajstić information content (AvgIpc) is 2.92. The first-order valence-corrected chi connectivity index (χ1v) is 13.8. The number of benzene rings is 4. The third-order valence-corrected chi connectivity index (χ3v) is 7.42. The second-order valence-corrected chi connectivity index (χ2v) is 12.4. The molecule has 0 unspecified atom stereocenters. The molecule has 5 aromatic rings. The zero-order chi connectivity index (χ0) is 28.7. The fourth-order valence-electron chi connectivity index (χ4n) is 5.35. The summed E-state index contributed by atoms with van der Waals surface area (Å²) in [6.07, 6.45) is 0. The Morgan fingerprint density at radius 2 is 0.721 bits per heavy atom. The Kier molecular flexibility index (Phi) is 11.5. The van der Waals surface area contributed by atoms with Gasteiger partial charge in [0.1, 0.15) is 11.5 Å². The zero-order valence-electron chi connectivity index (χ0n) is 26.7. The van der Waals surface area contributed by atoms with Crippen LogP contribution in [0.4, 0.5) is 0 Å². The van der Waals surface area contributed by atoms with E-state index < -0.39 is 0 Å². The third kappa shape index (κ3) is 7.18. The molecule has 0 saturated heterocycles. The van der Waals surface area contributed by atoms with E-state index in [0.29, 0.717) is 11.5 Å². The van der Waals surface area contributed by atoms with Gasteiger partial charge in [-0.25, -0.2) is 4.98 Å². The van der Waals surface area contributed by atoms with Gasteiger partial charge in [0.25, 0.3) is 0 Å². The number of nitrogens with zero attached hydrogens (tertiary/aromatic N) is 1. The fourth-order valence-corrected chi connectivity index (χ4v) is 5.35. The Morgan fingerprint density at radius 3 is 1.07 bits per heavy atom. The van der Waals surface area contributed by atoms with Crippen LogP contribution in [-0.2, 0) is 36.7 Å². The van der Waals surface area contributed by atoms with Gasteiger partial charge < -0.3 is 25.1 Å². The molecular formula is C39H43HfNO2-2. The normalized spacial score (nSPS) is 11.1. The molecule has 2 N–H and O–H groups in total. The van der Waals surface area contributed by atoms with Gasteiger partial charge in [-0.2, -0.15) is 0 Å². The van der Waals surface area contributed by atoms with E-state index in [1.54, 1.807) is 0 Å². The summed E-state index contributed by atoms with van der Waals surface area (Å²) in [7, 11) is 0. The van der Waals surface area contributed by atoms with E-state index in [1.807, 2.05) is 91.0 Å². The Morgan fingerprint density at radius 1 is 0.419 bits per heavy atom. The van der Waals surface area contributed by atoms with Crippen LogP contribution >= 0.6 is 0 Å². The molecule has 5 rings (SSSR count). The maximum Gasteiger partial charge on any atom is 0.127 e. The second-order valence-electron chi connectivity index (χ2n) is 12.4. The first-order valence-electron chi connectivity index (χ1n) is 13.8. The molecule has 0 saturated carbocycles. The van der Waals surface area contributed by atoms with Gasteiger partial charge in [-0.3, -0.25) is 0 Å². The van der Waals surface area contributed by atoms with Crippen LogP contribution in [0.3, 0.4) is 0 Å². The summed E-state index contributed by atoms with van der Waals surface area (Å²) >= 11 is 0. The van der Waals surface area contributed by atoms with Gasteiger partial charge in [0, 0.05) is 48.1 Å². The van der Waals surface area contributed by atoms with Gasteiger partial charge >= 0.3 is 0 Å². The maximum atomic E-state index is 11.3. The smallest absolute Gasteiger partial charge is 0.127 e. The van der Waals surface area contributed by atoms with Crippen molar-refractivity contribution in [2.45, 2.75) is 52.4 Å². The van der Waals surface area contributed by atoms with Crippen LogP contribution in [0.15, 0.2) is 103 Å². The first kappa shape index (κ1) is 35.7. The van der Waals surface area contributed by atoms with Crippen LogP contribution in [0.2, 0.25) is 0 Å². The van der Waals surface area contributed by atoms with E-state index in [4.69, 9.17) is 4.98 Å². The zero-order valence-corrected chi connectivity index (χ0v) is 30.2. The van der Waals surface area contributed by atoms with Crippen molar-refractivity contribution in [3.8, 4) is 56.3 Å². The van der Waals surface area contributed by atoms with Crippen molar-refractivity contribution in [3.63, 3.8) is 0 Å². The van der Waals surface area contributed by atoms with Crippen molar-refractivity contribution in [2.24, 2.45) is 0 Å². The molecule has 4 aromatic carbocycles. The van der Waals surface area contributed by atoms with Crippen LogP contribution in [0.1, 0.15) is 52.7 Å². The van der Waals surface area contributed by atoms with Gasteiger partial charge in [0.05, 0.1) is 11.4 Å². The number of aromatic nitrogens is 1. The molecule has 0 amide bonds. The topological polar surface area (TPSA) is 53.4 Å². The minimum Gasteiger partial charge on any atom is -0.507 e. The van der Waals surface area contributed by atoms with Gasteiger partial charge in [0.2, 0.25) is 0 Å². The fraction of sp³-hybridized carbons (Fsp3) is 0.205. The van der Waals surface area contributed by atoms with Crippen molar-refractivity contribution < 1.29 is 36.1 Å². The SMILES string of the molecule is CC(C)(C)c1cccc(-c2ccccc2-c2cccc(-c3ccccc3-c3cccc(C(C)(C)C)c3O)n2)c1O.[CH3-].[CH3-].[Hf]. The maximum absolute atomic E-state index is 11.3. The number of hydrogen-bond donors (Lipinski definition) is 2. The number of para-hydroxylation sites is 2. The summed E-state index contributed by atoms with van der Waals surface area (Å²) in [5, 5.41) is 22.6. The molecule has 0 fully saturated rings. The largest absolute Gasteiger partial charge is 0.507 e. The standard InChI is InChI=1S/C37H37NO2.2CH3.Hf/c1-36(2,3)30-20-11-18-28(34(30)39)24-14-7-9-16-26(24)32-22-13-23-33(38-32)27-17-10-8-15-25(27)29-19-12-21-31(35(29)40)37(4,5)6;;;/h7-23,39-40H,1-6H3;2*1H3;/q;2*-1;. The van der Waals surface area contributed by atoms with E-state index in [-0.39, 0.29) is 51.5 Å². The molecule has 0 radical (unpaired) electrons. The van der Waals surface area contributed by atoms with Crippen LogP contribution in [0, 0.1) is 14.9 Å². The van der Waals surface area contributed by atoms with Crippen molar-refractivity contribution in [1.29, 1.82) is 0 Å². The number of phenols is 2. The number of rotatable bonds is 4. The molecule has 222 valence electrons. The van der Waals surface area contributed by atoms with Gasteiger partial charge in [0.15, 0.2) is 0 Å². The number of hydrogen-bond acceptors (Lipinski definition) is 3. The van der Waals surface area contributed by atoms with Gasteiger partial charge in [-0.05, 0) is 45.2 Å². The van der Waals surface area contributed by atoms with Gasteiger partial charge in [-0.1, -0.05) is 133 Å². The molecular weight excluding hydrogens is 693 g/mol. The molecule has 3 nitrogen and oxygen atoms in total. The quantitative estimate of drug-likeness (QED) is 0.143. The Balaban J connectivity index is 0.00000215. The van der Waals surface area contributed by atoms with E-state index >= 15 is 0 Å². The van der Waals surface area contributed by atoms with Crippen LogP contribution in [0.25, 0.3) is 44.8 Å². The molecule has 0 bridgehead atoms. The van der Waals surface area contributed by atoms with Gasteiger partial charge in [-0.15, -0.1) is 0 Å². The number of aromatic hydroxyl groups is 2. The number of phenolic OH excluding ortho intramolecular Hbond substituents is 2. The van der Waals surface area contributed by atoms with E-state index in [0.717, 1.165) is 55.9 Å². The van der Waals surface area contributed by atoms with Crippen molar-refractivity contribution in [3.05, 3.63) is 129 Å². The molecule has 0 aliphatic heterocycles. The average molecular weight is 736 g/mol. The molecule has 0 aliphatic rings. The Hall–Kier alpha value is -3.50. The molecule has 0 aliphatic carbocycles. The van der Waals surface area contributed by atoms with Crippen LogP contribution in [0.5, 0.6) is 11.5 Å². The second kappa shape index (κ2) is 13.9. The minimum absolute atomic E-state index is 0. The predicted octanol–water partition coefficient (Wildman–Crippen LogP) is 10.7. The third-order valence-electron chi connectivity index (χ3n) is 7.42. The van der Waals surface area contributed by atoms with Crippen molar-refractivity contribution >= 4 is 0 Å². The van der Waals surface area contributed by atoms with Crippen molar-refractivity contribution in [2.75, 3.05) is 0 Å². The summed E-state index contributed by atoms with van der Waals surface area (Å²) in [5.74, 6) is 0.608. The predicted molar refractivity (Wildman–Crippen MR) is 180 cm³/mol. The van der Waals surface area contributed by atoms with E-state index in [9.17, 15) is 10.2 Å². The summed E-state index contributed by atoms with van der Waals surface area (Å²) in [6, 6.07) is 34.1. The minimum atomic E-state index is -0.188. The summed E-state index contributed by atoms with van der Waals surface area (Å²) < 4.78 is 0. The molecule has 1 heterocycles. The monoisotopic (exact) mass is 737 g/mol. The molecule has 0 spiro atoms. The summed E-state index contributed by atoms with van der Waals surface area (Å²) in [5.41, 5.74) is 8.41. The first-order chi connectivity index (χ1) is 19.0. The molecule has 4 heteroatoms. The van der Waals surface area contributed by atoms with Crippen LogP contribution < -0.4 is 0 Å².